The van der Waals surface area contributed by atoms with Crippen molar-refractivity contribution in [3.05, 3.63) is 94.0 Å². The fourth-order valence-electron chi connectivity index (χ4n) is 3.17. The number of nitrogens with zero attached hydrogens (tertiary/aromatic N) is 1. The number of benzene rings is 3. The number of hydrogen-bond acceptors (Lipinski definition) is 4. The van der Waals surface area contributed by atoms with Crippen LogP contribution in [0.15, 0.2) is 82.8 Å². The molecule has 3 aromatic carbocycles. The lowest BCUT2D eigenvalue weighted by Gasteiger charge is -2.14. The van der Waals surface area contributed by atoms with Crippen molar-refractivity contribution in [3.8, 4) is 11.5 Å². The third kappa shape index (κ3) is 4.46. The molecule has 1 aliphatic rings. The van der Waals surface area contributed by atoms with Crippen molar-refractivity contribution in [2.24, 2.45) is 0 Å². The normalized spacial score (nSPS) is 14.6. The van der Waals surface area contributed by atoms with Gasteiger partial charge in [0, 0.05) is 10.0 Å². The summed E-state index contributed by atoms with van der Waals surface area (Å²) < 4.78 is 12.5. The Balaban J connectivity index is 1.64. The molecule has 0 aromatic heterocycles. The van der Waals surface area contributed by atoms with E-state index in [-0.39, 0.29) is 5.57 Å². The summed E-state index contributed by atoms with van der Waals surface area (Å²) in [5, 5.41) is 1.23. The molecule has 3 aromatic rings. The van der Waals surface area contributed by atoms with Crippen LogP contribution in [0.1, 0.15) is 11.1 Å². The van der Waals surface area contributed by atoms with E-state index in [1.807, 2.05) is 30.3 Å². The summed E-state index contributed by atoms with van der Waals surface area (Å²) in [5.74, 6) is 0.0600. The summed E-state index contributed by atoms with van der Waals surface area (Å²) in [4.78, 5) is 25.4. The van der Waals surface area contributed by atoms with Crippen LogP contribution in [-0.4, -0.2) is 18.9 Å². The van der Waals surface area contributed by atoms with Crippen LogP contribution in [0.4, 0.5) is 5.69 Å². The Morgan fingerprint density at radius 1 is 0.968 bits per heavy atom. The minimum Gasteiger partial charge on any atom is -0.493 e. The average Bonchev–Trinajstić information content (AvgIpc) is 3.08. The van der Waals surface area contributed by atoms with E-state index in [1.165, 1.54) is 11.1 Å². The van der Waals surface area contributed by atoms with Gasteiger partial charge in [0.15, 0.2) is 11.5 Å². The Labute approximate surface area is 188 Å². The Bertz CT molecular complexity index is 1140. The van der Waals surface area contributed by atoms with Crippen LogP contribution in [0, 0.1) is 0 Å². The molecule has 7 heteroatoms. The molecule has 1 N–H and O–H groups in total. The zero-order chi connectivity index (χ0) is 21.8. The largest absolute Gasteiger partial charge is 0.493 e. The van der Waals surface area contributed by atoms with E-state index in [1.54, 1.807) is 49.6 Å². The first-order valence-electron chi connectivity index (χ1n) is 9.53. The van der Waals surface area contributed by atoms with Gasteiger partial charge in [0.1, 0.15) is 12.2 Å². The van der Waals surface area contributed by atoms with E-state index in [2.05, 4.69) is 21.4 Å². The maximum Gasteiger partial charge on any atom is 0.282 e. The molecule has 0 unspecified atom stereocenters. The van der Waals surface area contributed by atoms with E-state index < -0.39 is 11.8 Å². The quantitative estimate of drug-likeness (QED) is 0.418. The fraction of sp³-hybridized carbons (Fsp3) is 0.0833. The van der Waals surface area contributed by atoms with Crippen molar-refractivity contribution >= 4 is 39.5 Å². The number of rotatable bonds is 6. The number of carbonyl (C=O) groups excluding carboxylic acids is 2. The zero-order valence-electron chi connectivity index (χ0n) is 16.7. The van der Waals surface area contributed by atoms with Crippen LogP contribution in [0.3, 0.4) is 0 Å². The van der Waals surface area contributed by atoms with Gasteiger partial charge in [-0.3, -0.25) is 15.0 Å². The lowest BCUT2D eigenvalue weighted by Crippen LogP contribution is -2.35. The van der Waals surface area contributed by atoms with E-state index in [0.717, 1.165) is 10.0 Å². The van der Waals surface area contributed by atoms with E-state index >= 15 is 0 Å². The molecule has 1 fully saturated rings. The molecule has 6 nitrogen and oxygen atoms in total. The highest BCUT2D eigenvalue weighted by Crippen LogP contribution is 2.34. The van der Waals surface area contributed by atoms with Crippen LogP contribution in [0.5, 0.6) is 11.5 Å². The van der Waals surface area contributed by atoms with Crippen molar-refractivity contribution in [1.82, 2.24) is 5.43 Å². The Hall–Kier alpha value is -3.58. The molecule has 1 aliphatic heterocycles. The fourth-order valence-corrected chi connectivity index (χ4v) is 3.43. The van der Waals surface area contributed by atoms with Gasteiger partial charge in [-0.15, -0.1) is 0 Å². The first kappa shape index (κ1) is 20.7. The molecule has 1 saturated heterocycles. The van der Waals surface area contributed by atoms with Crippen LogP contribution in [-0.2, 0) is 16.2 Å². The van der Waals surface area contributed by atoms with Gasteiger partial charge in [0.05, 0.1) is 12.8 Å². The van der Waals surface area contributed by atoms with Gasteiger partial charge in [0.2, 0.25) is 0 Å². The van der Waals surface area contributed by atoms with Crippen LogP contribution < -0.4 is 19.9 Å². The van der Waals surface area contributed by atoms with E-state index in [4.69, 9.17) is 9.47 Å². The molecular weight excluding hydrogens is 460 g/mol. The number of carbonyl (C=O) groups is 2. The van der Waals surface area contributed by atoms with Crippen LogP contribution in [0.2, 0.25) is 0 Å². The van der Waals surface area contributed by atoms with Crippen LogP contribution >= 0.6 is 15.9 Å². The van der Waals surface area contributed by atoms with Gasteiger partial charge >= 0.3 is 0 Å². The Kier molecular flexibility index (Phi) is 6.04. The molecule has 2 amide bonds. The summed E-state index contributed by atoms with van der Waals surface area (Å²) in [5.41, 5.74) is 4.75. The second-order valence-corrected chi connectivity index (χ2v) is 7.68. The minimum absolute atomic E-state index is 0.0191. The Morgan fingerprint density at radius 2 is 1.71 bits per heavy atom. The topological polar surface area (TPSA) is 67.9 Å². The van der Waals surface area contributed by atoms with Crippen molar-refractivity contribution in [3.63, 3.8) is 0 Å². The highest BCUT2D eigenvalue weighted by Gasteiger charge is 2.34. The lowest BCUT2D eigenvalue weighted by atomic mass is 10.1. The van der Waals surface area contributed by atoms with Crippen molar-refractivity contribution in [2.75, 3.05) is 12.1 Å². The molecule has 0 bridgehead atoms. The number of nitrogens with one attached hydrogen (secondary N) is 1. The minimum atomic E-state index is -0.476. The third-order valence-corrected chi connectivity index (χ3v) is 5.26. The molecule has 156 valence electrons. The average molecular weight is 479 g/mol. The zero-order valence-corrected chi connectivity index (χ0v) is 18.3. The third-order valence-electron chi connectivity index (χ3n) is 4.73. The monoisotopic (exact) mass is 478 g/mol. The van der Waals surface area contributed by atoms with Gasteiger partial charge in [-0.05, 0) is 42.0 Å². The predicted molar refractivity (Wildman–Crippen MR) is 122 cm³/mol. The summed E-state index contributed by atoms with van der Waals surface area (Å²) in [6.45, 7) is 0.306. The highest BCUT2D eigenvalue weighted by molar-refractivity contribution is 9.10. The van der Waals surface area contributed by atoms with Crippen LogP contribution in [0.25, 0.3) is 6.08 Å². The number of anilines is 1. The van der Waals surface area contributed by atoms with Crippen molar-refractivity contribution in [1.29, 1.82) is 0 Å². The van der Waals surface area contributed by atoms with Gasteiger partial charge in [-0.25, -0.2) is 5.01 Å². The first-order chi connectivity index (χ1) is 15.1. The van der Waals surface area contributed by atoms with Gasteiger partial charge in [-0.2, -0.15) is 0 Å². The van der Waals surface area contributed by atoms with Gasteiger partial charge < -0.3 is 9.47 Å². The molecule has 0 radical (unpaired) electrons. The van der Waals surface area contributed by atoms with E-state index in [9.17, 15) is 9.59 Å². The van der Waals surface area contributed by atoms with Gasteiger partial charge in [0.25, 0.3) is 11.8 Å². The number of halogens is 1. The molecule has 1 heterocycles. The second-order valence-electron chi connectivity index (χ2n) is 6.77. The number of ether oxygens (including phenoxy) is 2. The van der Waals surface area contributed by atoms with Gasteiger partial charge in [-0.1, -0.05) is 58.4 Å². The lowest BCUT2D eigenvalue weighted by molar-refractivity contribution is -0.117. The summed E-state index contributed by atoms with van der Waals surface area (Å²) in [6, 6.07) is 22.0. The number of amides is 2. The Morgan fingerprint density at radius 3 is 2.42 bits per heavy atom. The summed E-state index contributed by atoms with van der Waals surface area (Å²) >= 11 is 3.42. The summed E-state index contributed by atoms with van der Waals surface area (Å²) in [6.07, 6.45) is 1.53. The molecular formula is C24H19BrN2O4. The highest BCUT2D eigenvalue weighted by atomic mass is 79.9. The number of methoxy groups -OCH3 is 1. The molecule has 4 rings (SSSR count). The number of para-hydroxylation sites is 2. The predicted octanol–water partition coefficient (Wildman–Crippen LogP) is 4.50. The number of hydrazine groups is 1. The van der Waals surface area contributed by atoms with Crippen molar-refractivity contribution < 1.29 is 19.1 Å². The SMILES string of the molecule is COc1cccc(/C=C2\C(=O)NN(c3ccccc3)C2=O)c1OCc1ccc(Br)cc1. The molecule has 0 spiro atoms. The second kappa shape index (κ2) is 9.06. The smallest absolute Gasteiger partial charge is 0.282 e. The maximum atomic E-state index is 12.9. The van der Waals surface area contributed by atoms with E-state index in [0.29, 0.717) is 29.4 Å². The standard InChI is InChI=1S/C24H19BrN2O4/c1-30-21-9-5-6-17(22(21)31-15-16-10-12-18(25)13-11-16)14-20-23(28)26-27(24(20)29)19-7-3-2-4-8-19/h2-14H,15H2,1H3,(H,26,28)/b20-14+. The molecule has 31 heavy (non-hydrogen) atoms. The summed E-state index contributed by atoms with van der Waals surface area (Å²) in [7, 11) is 1.54. The first-order valence-corrected chi connectivity index (χ1v) is 10.3. The molecule has 0 atom stereocenters. The van der Waals surface area contributed by atoms with Crippen molar-refractivity contribution in [2.45, 2.75) is 6.61 Å². The maximum absolute atomic E-state index is 12.9. The number of hydrogen-bond donors (Lipinski definition) is 1. The molecule has 0 aliphatic carbocycles. The molecule has 0 saturated carbocycles.